The molecule has 1 aromatic rings. The van der Waals surface area contributed by atoms with Crippen LogP contribution in [0.5, 0.6) is 0 Å². The third kappa shape index (κ3) is 1.34. The van der Waals surface area contributed by atoms with Gasteiger partial charge in [-0.15, -0.1) is 22.9 Å². The van der Waals surface area contributed by atoms with Crippen molar-refractivity contribution in [2.75, 3.05) is 11.4 Å². The second kappa shape index (κ2) is 3.38. The van der Waals surface area contributed by atoms with Crippen LogP contribution in [-0.4, -0.2) is 17.6 Å². The second-order valence-electron chi connectivity index (χ2n) is 4.24. The van der Waals surface area contributed by atoms with Gasteiger partial charge in [-0.2, -0.15) is 0 Å². The molecule has 1 saturated carbocycles. The van der Waals surface area contributed by atoms with Crippen molar-refractivity contribution in [3.63, 3.8) is 0 Å². The zero-order valence-corrected chi connectivity index (χ0v) is 9.52. The fourth-order valence-corrected chi connectivity index (χ4v) is 3.78. The van der Waals surface area contributed by atoms with E-state index in [9.17, 15) is 0 Å². The van der Waals surface area contributed by atoms with E-state index in [1.807, 2.05) is 0 Å². The van der Waals surface area contributed by atoms with Crippen LogP contribution in [-0.2, 0) is 5.88 Å². The van der Waals surface area contributed by atoms with Crippen molar-refractivity contribution in [1.29, 1.82) is 0 Å². The Morgan fingerprint density at radius 3 is 3.07 bits per heavy atom. The van der Waals surface area contributed by atoms with E-state index in [2.05, 4.69) is 15.3 Å². The Hall–Kier alpha value is -0.280. The first-order valence-electron chi connectivity index (χ1n) is 5.14. The molecular weight excluding hydrogens is 216 g/mol. The molecule has 0 amide bonds. The second-order valence-corrected chi connectivity index (χ2v) is 5.34. The maximum absolute atomic E-state index is 5.75. The minimum Gasteiger partial charge on any atom is -0.345 e. The summed E-state index contributed by atoms with van der Waals surface area (Å²) in [6.45, 7) is 1.22. The summed E-state index contributed by atoms with van der Waals surface area (Å²) < 4.78 is 0. The predicted octanol–water partition coefficient (Wildman–Crippen LogP) is 2.87. The number of alkyl halides is 1. The number of aromatic nitrogens is 1. The highest BCUT2D eigenvalue weighted by atomic mass is 35.5. The quantitative estimate of drug-likeness (QED) is 0.724. The Kier molecular flexibility index (Phi) is 2.17. The zero-order chi connectivity index (χ0) is 9.54. The van der Waals surface area contributed by atoms with Gasteiger partial charge in [-0.3, -0.25) is 0 Å². The van der Waals surface area contributed by atoms with Crippen LogP contribution < -0.4 is 4.90 Å². The van der Waals surface area contributed by atoms with Crippen molar-refractivity contribution in [3.05, 3.63) is 11.1 Å². The molecule has 2 fully saturated rings. The fraction of sp³-hybridized carbons (Fsp3) is 0.700. The number of rotatable bonds is 2. The van der Waals surface area contributed by atoms with Gasteiger partial charge in [-0.25, -0.2) is 4.98 Å². The number of hydrogen-bond acceptors (Lipinski definition) is 3. The molecule has 2 unspecified atom stereocenters. The van der Waals surface area contributed by atoms with Crippen molar-refractivity contribution < 1.29 is 0 Å². The van der Waals surface area contributed by atoms with Crippen LogP contribution in [0.3, 0.4) is 0 Å². The molecule has 0 spiro atoms. The highest BCUT2D eigenvalue weighted by Crippen LogP contribution is 2.41. The molecule has 2 aliphatic rings. The van der Waals surface area contributed by atoms with E-state index in [1.165, 1.54) is 30.9 Å². The van der Waals surface area contributed by atoms with Crippen LogP contribution in [0.1, 0.15) is 25.0 Å². The first-order valence-corrected chi connectivity index (χ1v) is 6.55. The summed E-state index contributed by atoms with van der Waals surface area (Å²) in [6, 6.07) is 0.773. The lowest BCUT2D eigenvalue weighted by Gasteiger charge is -2.26. The average molecular weight is 229 g/mol. The molecule has 2 bridgehead atoms. The lowest BCUT2D eigenvalue weighted by atomic mass is 10.1. The van der Waals surface area contributed by atoms with Gasteiger partial charge >= 0.3 is 0 Å². The van der Waals surface area contributed by atoms with Crippen molar-refractivity contribution in [3.8, 4) is 0 Å². The molecule has 0 aromatic carbocycles. The van der Waals surface area contributed by atoms with E-state index in [4.69, 9.17) is 11.6 Å². The lowest BCUT2D eigenvalue weighted by Crippen LogP contribution is -2.31. The number of anilines is 1. The minimum atomic E-state index is 0.540. The van der Waals surface area contributed by atoms with Gasteiger partial charge in [0.25, 0.3) is 0 Å². The number of piperidine rings is 1. The van der Waals surface area contributed by atoms with Crippen molar-refractivity contribution in [2.24, 2.45) is 5.92 Å². The molecule has 2 atom stereocenters. The number of halogens is 1. The summed E-state index contributed by atoms with van der Waals surface area (Å²) in [5, 5.41) is 3.27. The molecule has 2 nitrogen and oxygen atoms in total. The van der Waals surface area contributed by atoms with Gasteiger partial charge in [-0.1, -0.05) is 0 Å². The molecule has 1 saturated heterocycles. The van der Waals surface area contributed by atoms with E-state index in [1.54, 1.807) is 11.3 Å². The van der Waals surface area contributed by atoms with Gasteiger partial charge in [-0.05, 0) is 25.2 Å². The predicted molar refractivity (Wildman–Crippen MR) is 60.1 cm³/mol. The van der Waals surface area contributed by atoms with Gasteiger partial charge < -0.3 is 4.90 Å². The molecule has 0 N–H and O–H groups in total. The van der Waals surface area contributed by atoms with Crippen LogP contribution in [0.2, 0.25) is 0 Å². The molecule has 2 heterocycles. The topological polar surface area (TPSA) is 16.1 Å². The number of thiazole rings is 1. The van der Waals surface area contributed by atoms with Gasteiger partial charge in [0.15, 0.2) is 5.13 Å². The normalized spacial score (nSPS) is 30.2. The Bertz CT molecular complexity index is 339. The summed E-state index contributed by atoms with van der Waals surface area (Å²) in [5.41, 5.74) is 1.02. The molecule has 0 radical (unpaired) electrons. The molecule has 76 valence electrons. The number of fused-ring (bicyclic) bond motifs is 2. The van der Waals surface area contributed by atoms with Crippen LogP contribution in [0.25, 0.3) is 0 Å². The standard InChI is InChI=1S/C10H13ClN2S/c11-4-8-6-14-10(12-8)13-5-7-1-2-9(13)3-7/h6-7,9H,1-5H2. The molecule has 1 aliphatic carbocycles. The van der Waals surface area contributed by atoms with E-state index in [0.29, 0.717) is 5.88 Å². The van der Waals surface area contributed by atoms with Crippen LogP contribution >= 0.6 is 22.9 Å². The highest BCUT2D eigenvalue weighted by molar-refractivity contribution is 7.13. The first-order chi connectivity index (χ1) is 6.86. The van der Waals surface area contributed by atoms with Crippen LogP contribution in [0.15, 0.2) is 5.38 Å². The maximum atomic E-state index is 5.75. The summed E-state index contributed by atoms with van der Waals surface area (Å²) in [5.74, 6) is 1.47. The smallest absolute Gasteiger partial charge is 0.185 e. The monoisotopic (exact) mass is 228 g/mol. The molecule has 3 rings (SSSR count). The Balaban J connectivity index is 1.82. The van der Waals surface area contributed by atoms with Gasteiger partial charge in [0.2, 0.25) is 0 Å². The van der Waals surface area contributed by atoms with E-state index in [-0.39, 0.29) is 0 Å². The Labute approximate surface area is 92.9 Å². The average Bonchev–Trinajstić information content (AvgIpc) is 2.93. The van der Waals surface area contributed by atoms with Gasteiger partial charge in [0.05, 0.1) is 11.6 Å². The fourth-order valence-electron chi connectivity index (χ4n) is 2.65. The Morgan fingerprint density at radius 2 is 2.50 bits per heavy atom. The summed E-state index contributed by atoms with van der Waals surface area (Å²) in [6.07, 6.45) is 4.17. The van der Waals surface area contributed by atoms with Crippen LogP contribution in [0.4, 0.5) is 5.13 Å². The molecule has 4 heteroatoms. The third-order valence-corrected chi connectivity index (χ3v) is 4.53. The number of nitrogens with zero attached hydrogens (tertiary/aromatic N) is 2. The Morgan fingerprint density at radius 1 is 1.57 bits per heavy atom. The molecular formula is C10H13ClN2S. The third-order valence-electron chi connectivity index (χ3n) is 3.33. The maximum Gasteiger partial charge on any atom is 0.185 e. The summed E-state index contributed by atoms with van der Waals surface area (Å²) in [7, 11) is 0. The highest BCUT2D eigenvalue weighted by Gasteiger charge is 2.38. The molecule has 1 aromatic heterocycles. The zero-order valence-electron chi connectivity index (χ0n) is 7.95. The van der Waals surface area contributed by atoms with Crippen molar-refractivity contribution in [1.82, 2.24) is 4.98 Å². The van der Waals surface area contributed by atoms with Crippen molar-refractivity contribution >= 4 is 28.1 Å². The minimum absolute atomic E-state index is 0.540. The summed E-state index contributed by atoms with van der Waals surface area (Å²) >= 11 is 7.49. The van der Waals surface area contributed by atoms with Gasteiger partial charge in [0, 0.05) is 18.0 Å². The largest absolute Gasteiger partial charge is 0.345 e. The van der Waals surface area contributed by atoms with E-state index < -0.39 is 0 Å². The first kappa shape index (κ1) is 8.98. The van der Waals surface area contributed by atoms with Crippen LogP contribution in [0, 0.1) is 5.92 Å². The molecule has 14 heavy (non-hydrogen) atoms. The number of hydrogen-bond donors (Lipinski definition) is 0. The van der Waals surface area contributed by atoms with E-state index >= 15 is 0 Å². The van der Waals surface area contributed by atoms with Crippen molar-refractivity contribution in [2.45, 2.75) is 31.2 Å². The SMILES string of the molecule is ClCc1csc(N2CC3CCC2C3)n1. The summed E-state index contributed by atoms with van der Waals surface area (Å²) in [4.78, 5) is 7.02. The van der Waals surface area contributed by atoms with Gasteiger partial charge in [0.1, 0.15) is 0 Å². The van der Waals surface area contributed by atoms with E-state index in [0.717, 1.165) is 17.7 Å². The molecule has 1 aliphatic heterocycles. The lowest BCUT2D eigenvalue weighted by molar-refractivity contribution is 0.553.